The molecule has 0 spiro atoms. The molecule has 168 valence electrons. The maximum atomic E-state index is 12.1. The fourth-order valence-corrected chi connectivity index (χ4v) is 3.37. The Hall–Kier alpha value is -2.30. The summed E-state index contributed by atoms with van der Waals surface area (Å²) in [5, 5.41) is 2.49. The number of hydrogen-bond acceptors (Lipinski definition) is 7. The largest absolute Gasteiger partial charge is 0.463 e. The number of esters is 1. The molecule has 1 amide bonds. The van der Waals surface area contributed by atoms with E-state index in [9.17, 15) is 27.4 Å². The minimum atomic E-state index is -4.47. The van der Waals surface area contributed by atoms with E-state index < -0.39 is 34.0 Å². The monoisotopic (exact) mass is 443 g/mol. The number of ether oxygens (including phenoxy) is 2. The number of methoxy groups -OCH3 is 1. The minimum absolute atomic E-state index is 0.00823. The molecule has 2 unspecified atom stereocenters. The molecule has 0 aliphatic carbocycles. The standard InChI is InChI=1S/C20H29NO8S/c1-13-9-10-17(18(11-13)30(25,26)27)21-19(23)8-6-5-7-16(14(2)22)12-29-20(24)15(3)28-4/h9-11,15-16H,5-8,12H2,1-4H3,(H,21,23)(H,25,26,27). The predicted octanol–water partition coefficient (Wildman–Crippen LogP) is 2.52. The second kappa shape index (κ2) is 11.8. The number of hydrogen-bond donors (Lipinski definition) is 2. The summed E-state index contributed by atoms with van der Waals surface area (Å²) in [6, 6.07) is 4.30. The Morgan fingerprint density at radius 3 is 2.43 bits per heavy atom. The van der Waals surface area contributed by atoms with Gasteiger partial charge in [0.25, 0.3) is 10.1 Å². The molecule has 30 heavy (non-hydrogen) atoms. The number of rotatable bonds is 12. The zero-order valence-electron chi connectivity index (χ0n) is 17.6. The lowest BCUT2D eigenvalue weighted by molar-refractivity contribution is -0.156. The Morgan fingerprint density at radius 2 is 1.87 bits per heavy atom. The molecule has 0 radical (unpaired) electrons. The normalized spacial score (nSPS) is 13.4. The van der Waals surface area contributed by atoms with Crippen LogP contribution in [0.15, 0.2) is 23.1 Å². The van der Waals surface area contributed by atoms with Gasteiger partial charge in [-0.25, -0.2) is 4.79 Å². The molecule has 0 saturated heterocycles. The minimum Gasteiger partial charge on any atom is -0.463 e. The van der Waals surface area contributed by atoms with Crippen LogP contribution in [0.5, 0.6) is 0 Å². The number of unbranched alkanes of at least 4 members (excludes halogenated alkanes) is 1. The second-order valence-corrected chi connectivity index (χ2v) is 8.47. The molecule has 0 aliphatic heterocycles. The van der Waals surface area contributed by atoms with Crippen LogP contribution in [0, 0.1) is 12.8 Å². The van der Waals surface area contributed by atoms with Crippen molar-refractivity contribution < 1.29 is 36.8 Å². The van der Waals surface area contributed by atoms with Gasteiger partial charge in [0.1, 0.15) is 17.3 Å². The SMILES string of the molecule is COC(C)C(=O)OCC(CCCCC(=O)Nc1ccc(C)cc1S(=O)(=O)O)C(C)=O. The first-order valence-corrected chi connectivity index (χ1v) is 11.0. The molecule has 0 fully saturated rings. The van der Waals surface area contributed by atoms with Crippen molar-refractivity contribution in [3.63, 3.8) is 0 Å². The molecule has 0 saturated carbocycles. The average molecular weight is 444 g/mol. The first-order valence-electron chi connectivity index (χ1n) is 9.53. The predicted molar refractivity (Wildman–Crippen MR) is 110 cm³/mol. The number of nitrogens with one attached hydrogen (secondary N) is 1. The molecule has 1 aromatic carbocycles. The summed E-state index contributed by atoms with van der Waals surface area (Å²) in [7, 11) is -3.09. The lowest BCUT2D eigenvalue weighted by Gasteiger charge is -2.16. The molecule has 9 nitrogen and oxygen atoms in total. The smallest absolute Gasteiger partial charge is 0.334 e. The van der Waals surface area contributed by atoms with Crippen molar-refractivity contribution >= 4 is 33.5 Å². The molecule has 2 N–H and O–H groups in total. The van der Waals surface area contributed by atoms with Gasteiger partial charge in [-0.1, -0.05) is 12.5 Å². The third-order valence-electron chi connectivity index (χ3n) is 4.58. The fourth-order valence-electron chi connectivity index (χ4n) is 2.64. The van der Waals surface area contributed by atoms with Crippen LogP contribution in [0.25, 0.3) is 0 Å². The van der Waals surface area contributed by atoms with Crippen LogP contribution in [-0.2, 0) is 34.0 Å². The zero-order valence-corrected chi connectivity index (χ0v) is 18.5. The zero-order chi connectivity index (χ0) is 22.9. The van der Waals surface area contributed by atoms with Crippen LogP contribution in [-0.4, -0.2) is 50.5 Å². The van der Waals surface area contributed by atoms with Crippen LogP contribution < -0.4 is 5.32 Å². The topological polar surface area (TPSA) is 136 Å². The number of aryl methyl sites for hydroxylation is 1. The van der Waals surface area contributed by atoms with Gasteiger partial charge in [0.05, 0.1) is 11.6 Å². The van der Waals surface area contributed by atoms with Gasteiger partial charge in [0, 0.05) is 13.5 Å². The van der Waals surface area contributed by atoms with Crippen molar-refractivity contribution in [1.29, 1.82) is 0 Å². The summed E-state index contributed by atoms with van der Waals surface area (Å²) in [6.45, 7) is 4.58. The molecule has 2 atom stereocenters. The molecule has 0 heterocycles. The van der Waals surface area contributed by atoms with E-state index in [0.29, 0.717) is 24.8 Å². The summed E-state index contributed by atoms with van der Waals surface area (Å²) in [6.07, 6.45) is 0.817. The summed E-state index contributed by atoms with van der Waals surface area (Å²) < 4.78 is 42.2. The highest BCUT2D eigenvalue weighted by atomic mass is 32.2. The molecule has 10 heteroatoms. The number of amides is 1. The number of carbonyl (C=O) groups is 3. The fraction of sp³-hybridized carbons (Fsp3) is 0.550. The van der Waals surface area contributed by atoms with Crippen LogP contribution in [0.3, 0.4) is 0 Å². The number of carbonyl (C=O) groups excluding carboxylic acids is 3. The Labute approximate surface area is 176 Å². The van der Waals surface area contributed by atoms with Gasteiger partial charge in [0.2, 0.25) is 5.91 Å². The van der Waals surface area contributed by atoms with Crippen molar-refractivity contribution in [2.75, 3.05) is 19.0 Å². The van der Waals surface area contributed by atoms with E-state index in [4.69, 9.17) is 9.47 Å². The number of ketones is 1. The molecule has 1 aromatic rings. The third-order valence-corrected chi connectivity index (χ3v) is 5.48. The summed E-state index contributed by atoms with van der Waals surface area (Å²) in [5.74, 6) is -1.54. The first kappa shape index (κ1) is 25.7. The molecular weight excluding hydrogens is 414 g/mol. The molecule has 0 aromatic heterocycles. The first-order chi connectivity index (χ1) is 14.0. The van der Waals surface area contributed by atoms with E-state index in [2.05, 4.69) is 5.32 Å². The average Bonchev–Trinajstić information content (AvgIpc) is 2.66. The molecular formula is C20H29NO8S. The Bertz CT molecular complexity index is 866. The third kappa shape index (κ3) is 8.60. The highest BCUT2D eigenvalue weighted by Gasteiger charge is 2.20. The van der Waals surface area contributed by atoms with Crippen molar-refractivity contribution in [3.05, 3.63) is 23.8 Å². The second-order valence-electron chi connectivity index (χ2n) is 7.08. The van der Waals surface area contributed by atoms with Gasteiger partial charge in [-0.15, -0.1) is 0 Å². The maximum Gasteiger partial charge on any atom is 0.334 e. The van der Waals surface area contributed by atoms with Crippen molar-refractivity contribution in [3.8, 4) is 0 Å². The van der Waals surface area contributed by atoms with Crippen molar-refractivity contribution in [2.24, 2.45) is 5.92 Å². The van der Waals surface area contributed by atoms with E-state index in [1.807, 2.05) is 0 Å². The number of anilines is 1. The van der Waals surface area contributed by atoms with E-state index in [-0.39, 0.29) is 29.4 Å². The van der Waals surface area contributed by atoms with Gasteiger partial charge in [-0.3, -0.25) is 14.1 Å². The summed E-state index contributed by atoms with van der Waals surface area (Å²) >= 11 is 0. The van der Waals surface area contributed by atoms with Crippen LogP contribution in [0.1, 0.15) is 45.1 Å². The van der Waals surface area contributed by atoms with Gasteiger partial charge < -0.3 is 14.8 Å². The quantitative estimate of drug-likeness (QED) is 0.286. The molecule has 1 rings (SSSR count). The lowest BCUT2D eigenvalue weighted by atomic mass is 9.98. The van der Waals surface area contributed by atoms with E-state index in [1.165, 1.54) is 26.2 Å². The van der Waals surface area contributed by atoms with Crippen LogP contribution >= 0.6 is 0 Å². The summed E-state index contributed by atoms with van der Waals surface area (Å²) in [4.78, 5) is 35.2. The van der Waals surface area contributed by atoms with E-state index in [1.54, 1.807) is 19.9 Å². The van der Waals surface area contributed by atoms with E-state index in [0.717, 1.165) is 0 Å². The highest BCUT2D eigenvalue weighted by molar-refractivity contribution is 7.86. The van der Waals surface area contributed by atoms with Crippen molar-refractivity contribution in [2.45, 2.75) is 57.5 Å². The Kier molecular flexibility index (Phi) is 10.1. The number of Topliss-reactive ketones (excluding diaryl/α,β-unsaturated/α-hetero) is 1. The van der Waals surface area contributed by atoms with E-state index >= 15 is 0 Å². The Balaban J connectivity index is 2.52. The Morgan fingerprint density at radius 1 is 1.20 bits per heavy atom. The lowest BCUT2D eigenvalue weighted by Crippen LogP contribution is -2.26. The maximum absolute atomic E-state index is 12.1. The van der Waals surface area contributed by atoms with Crippen LogP contribution in [0.4, 0.5) is 5.69 Å². The van der Waals surface area contributed by atoms with Gasteiger partial charge in [0.15, 0.2) is 6.10 Å². The molecule has 0 aliphatic rings. The van der Waals surface area contributed by atoms with Gasteiger partial charge in [-0.05, 0) is 51.3 Å². The highest BCUT2D eigenvalue weighted by Crippen LogP contribution is 2.23. The van der Waals surface area contributed by atoms with Gasteiger partial charge in [-0.2, -0.15) is 8.42 Å². The van der Waals surface area contributed by atoms with Gasteiger partial charge >= 0.3 is 5.97 Å². The van der Waals surface area contributed by atoms with Crippen molar-refractivity contribution in [1.82, 2.24) is 0 Å². The number of benzene rings is 1. The summed E-state index contributed by atoms with van der Waals surface area (Å²) in [5.41, 5.74) is 0.630. The van der Waals surface area contributed by atoms with Crippen LogP contribution in [0.2, 0.25) is 0 Å². The molecule has 0 bridgehead atoms.